The molecule has 6 rings (SSSR count). The average Bonchev–Trinajstić information content (AvgIpc) is 3.50. The second-order valence-corrected chi connectivity index (χ2v) is 10.1. The molecular formula is C26H30FN5O3. The van der Waals surface area contributed by atoms with Gasteiger partial charge in [0.1, 0.15) is 18.1 Å². The fourth-order valence-corrected chi connectivity index (χ4v) is 6.08. The summed E-state index contributed by atoms with van der Waals surface area (Å²) in [5.74, 6) is 0.509. The van der Waals surface area contributed by atoms with Crippen molar-refractivity contribution in [3.8, 4) is 5.75 Å². The molecule has 3 aliphatic rings. The molecule has 35 heavy (non-hydrogen) atoms. The van der Waals surface area contributed by atoms with Crippen molar-refractivity contribution in [1.82, 2.24) is 9.55 Å². The van der Waals surface area contributed by atoms with E-state index in [1.54, 1.807) is 19.3 Å². The molecule has 2 aromatic heterocycles. The number of benzene rings is 1. The third-order valence-electron chi connectivity index (χ3n) is 7.88. The number of pyridine rings is 2. The molecule has 184 valence electrons. The number of aromatic nitrogens is 2. The predicted molar refractivity (Wildman–Crippen MR) is 134 cm³/mol. The first-order valence-electron chi connectivity index (χ1n) is 12.3. The number of aliphatic hydroxyl groups is 1. The molecular weight excluding hydrogens is 449 g/mol. The number of rotatable bonds is 4. The van der Waals surface area contributed by atoms with Crippen LogP contribution in [0.3, 0.4) is 0 Å². The Bertz CT molecular complexity index is 1350. The van der Waals surface area contributed by atoms with Gasteiger partial charge in [0.25, 0.3) is 0 Å². The first-order chi connectivity index (χ1) is 16.9. The highest BCUT2D eigenvalue weighted by Gasteiger charge is 2.43. The van der Waals surface area contributed by atoms with Crippen molar-refractivity contribution in [2.45, 2.75) is 56.7 Å². The molecule has 1 saturated heterocycles. The van der Waals surface area contributed by atoms with Crippen LogP contribution in [0.25, 0.3) is 10.9 Å². The molecule has 0 amide bonds. The number of hydrogen-bond donors (Lipinski definition) is 3. The Hall–Kier alpha value is -3.33. The van der Waals surface area contributed by atoms with E-state index < -0.39 is 17.3 Å². The number of hydrogen-bond acceptors (Lipinski definition) is 7. The Morgan fingerprint density at radius 3 is 2.86 bits per heavy atom. The van der Waals surface area contributed by atoms with Gasteiger partial charge in [-0.1, -0.05) is 18.9 Å². The summed E-state index contributed by atoms with van der Waals surface area (Å²) in [6.45, 7) is 3.12. The number of nitrogens with one attached hydrogen (secondary N) is 1. The molecule has 0 radical (unpaired) electrons. The minimum atomic E-state index is -0.987. The molecule has 2 atom stereocenters. The van der Waals surface area contributed by atoms with E-state index in [-0.39, 0.29) is 28.2 Å². The molecule has 8 nitrogen and oxygen atoms in total. The lowest BCUT2D eigenvalue weighted by molar-refractivity contribution is 0.140. The highest BCUT2D eigenvalue weighted by Crippen LogP contribution is 2.50. The summed E-state index contributed by atoms with van der Waals surface area (Å²) in [6, 6.07) is 5.77. The first kappa shape index (κ1) is 22.2. The maximum Gasteiger partial charge on any atom is 0.197 e. The maximum atomic E-state index is 15.9. The van der Waals surface area contributed by atoms with Crippen molar-refractivity contribution in [3.63, 3.8) is 0 Å². The van der Waals surface area contributed by atoms with E-state index in [1.807, 2.05) is 23.1 Å². The first-order valence-corrected chi connectivity index (χ1v) is 12.3. The van der Waals surface area contributed by atoms with E-state index in [0.29, 0.717) is 36.6 Å². The van der Waals surface area contributed by atoms with Gasteiger partial charge in [0, 0.05) is 37.1 Å². The Balaban J connectivity index is 1.50. The summed E-state index contributed by atoms with van der Waals surface area (Å²) in [5.41, 5.74) is 6.49. The quantitative estimate of drug-likeness (QED) is 0.492. The molecule has 0 bridgehead atoms. The third-order valence-corrected chi connectivity index (χ3v) is 7.88. The van der Waals surface area contributed by atoms with Gasteiger partial charge in [0.05, 0.1) is 28.2 Å². The molecule has 1 aromatic carbocycles. The summed E-state index contributed by atoms with van der Waals surface area (Å²) < 4.78 is 24.3. The highest BCUT2D eigenvalue weighted by molar-refractivity contribution is 6.01. The standard InChI is InChI=1S/C26H30FN5O3/c1-15(33)17-13-32-22-19(24(17)34)21(28)20(27)23(25(22)35-14-26(32)8-3-4-9-26)31-11-7-16(12-31)30-18-6-2-5-10-29-18/h2,5-6,10,13,15-16,33H,3-4,7-9,11-12,14,28H2,1H3,(H,29,30). The number of anilines is 3. The van der Waals surface area contributed by atoms with Crippen LogP contribution in [0.5, 0.6) is 5.75 Å². The van der Waals surface area contributed by atoms with Gasteiger partial charge in [-0.15, -0.1) is 0 Å². The zero-order valence-corrected chi connectivity index (χ0v) is 19.8. The maximum absolute atomic E-state index is 15.9. The second-order valence-electron chi connectivity index (χ2n) is 10.1. The van der Waals surface area contributed by atoms with Gasteiger partial charge in [0.2, 0.25) is 0 Å². The van der Waals surface area contributed by atoms with Crippen LogP contribution in [0.15, 0.2) is 35.4 Å². The van der Waals surface area contributed by atoms with Crippen molar-refractivity contribution in [2.24, 2.45) is 0 Å². The van der Waals surface area contributed by atoms with Crippen LogP contribution >= 0.6 is 0 Å². The third kappa shape index (κ3) is 3.36. The SMILES string of the molecule is CC(O)c1cn2c3c(c(N4CCC(Nc5ccccn5)C4)c(F)c(N)c3c1=O)OCC21CCCC1. The van der Waals surface area contributed by atoms with Crippen LogP contribution in [0, 0.1) is 5.82 Å². The Morgan fingerprint density at radius 1 is 1.34 bits per heavy atom. The minimum Gasteiger partial charge on any atom is -0.487 e. The van der Waals surface area contributed by atoms with Gasteiger partial charge >= 0.3 is 0 Å². The van der Waals surface area contributed by atoms with Crippen molar-refractivity contribution in [3.05, 3.63) is 52.2 Å². The van der Waals surface area contributed by atoms with Crippen LogP contribution in [0.1, 0.15) is 50.7 Å². The fraction of sp³-hybridized carbons (Fsp3) is 0.462. The minimum absolute atomic E-state index is 0.0815. The van der Waals surface area contributed by atoms with Gasteiger partial charge in [-0.05, 0) is 38.3 Å². The fourth-order valence-electron chi connectivity index (χ4n) is 6.08. The molecule has 2 unspecified atom stereocenters. The molecule has 1 aliphatic carbocycles. The predicted octanol–water partition coefficient (Wildman–Crippen LogP) is 3.52. The van der Waals surface area contributed by atoms with Gasteiger partial charge < -0.3 is 30.4 Å². The van der Waals surface area contributed by atoms with E-state index in [0.717, 1.165) is 37.9 Å². The van der Waals surface area contributed by atoms with Gasteiger partial charge in [-0.25, -0.2) is 9.37 Å². The summed E-state index contributed by atoms with van der Waals surface area (Å²) in [7, 11) is 0. The Labute approximate surface area is 202 Å². The van der Waals surface area contributed by atoms with Crippen LogP contribution in [0.4, 0.5) is 21.6 Å². The molecule has 1 spiro atoms. The number of aliphatic hydroxyl groups excluding tert-OH is 1. The number of nitrogen functional groups attached to an aromatic ring is 1. The molecule has 4 heterocycles. The van der Waals surface area contributed by atoms with Crippen LogP contribution in [-0.2, 0) is 5.54 Å². The van der Waals surface area contributed by atoms with Gasteiger partial charge in [0.15, 0.2) is 17.0 Å². The topological polar surface area (TPSA) is 106 Å². The molecule has 2 aliphatic heterocycles. The largest absolute Gasteiger partial charge is 0.487 e. The van der Waals surface area contributed by atoms with Crippen molar-refractivity contribution in [1.29, 1.82) is 0 Å². The van der Waals surface area contributed by atoms with Crippen LogP contribution in [0.2, 0.25) is 0 Å². The zero-order valence-electron chi connectivity index (χ0n) is 19.8. The molecule has 1 saturated carbocycles. The normalized spacial score (nSPS) is 21.5. The van der Waals surface area contributed by atoms with E-state index in [2.05, 4.69) is 14.9 Å². The van der Waals surface area contributed by atoms with E-state index in [9.17, 15) is 9.90 Å². The second kappa shape index (κ2) is 8.12. The molecule has 4 N–H and O–H groups in total. The monoisotopic (exact) mass is 479 g/mol. The van der Waals surface area contributed by atoms with Crippen LogP contribution < -0.4 is 26.1 Å². The highest BCUT2D eigenvalue weighted by atomic mass is 19.1. The number of halogens is 1. The number of nitrogens with zero attached hydrogens (tertiary/aromatic N) is 3. The van der Waals surface area contributed by atoms with Crippen molar-refractivity contribution in [2.75, 3.05) is 35.6 Å². The van der Waals surface area contributed by atoms with E-state index >= 15 is 4.39 Å². The molecule has 9 heteroatoms. The smallest absolute Gasteiger partial charge is 0.197 e. The zero-order chi connectivity index (χ0) is 24.3. The van der Waals surface area contributed by atoms with Crippen molar-refractivity contribution >= 4 is 28.1 Å². The number of ether oxygens (including phenoxy) is 1. The Kier molecular flexibility index (Phi) is 5.14. The van der Waals surface area contributed by atoms with Crippen LogP contribution in [-0.4, -0.2) is 40.4 Å². The van der Waals surface area contributed by atoms with Crippen molar-refractivity contribution < 1.29 is 14.2 Å². The lowest BCUT2D eigenvalue weighted by atomic mass is 9.93. The van der Waals surface area contributed by atoms with E-state index in [4.69, 9.17) is 10.5 Å². The lowest BCUT2D eigenvalue weighted by Crippen LogP contribution is -2.42. The summed E-state index contributed by atoms with van der Waals surface area (Å²) in [6.07, 6.45) is 7.19. The van der Waals surface area contributed by atoms with Gasteiger partial charge in [-0.3, -0.25) is 4.79 Å². The number of fused-ring (bicyclic) bond motifs is 1. The average molecular weight is 480 g/mol. The molecule has 2 fully saturated rings. The lowest BCUT2D eigenvalue weighted by Gasteiger charge is -2.40. The van der Waals surface area contributed by atoms with Gasteiger partial charge in [-0.2, -0.15) is 0 Å². The van der Waals surface area contributed by atoms with E-state index in [1.165, 1.54) is 0 Å². The molecule has 3 aromatic rings. The number of nitrogens with two attached hydrogens (primary N) is 1. The summed E-state index contributed by atoms with van der Waals surface area (Å²) in [5, 5.41) is 13.9. The Morgan fingerprint density at radius 2 is 2.14 bits per heavy atom. The summed E-state index contributed by atoms with van der Waals surface area (Å²) in [4.78, 5) is 19.7. The summed E-state index contributed by atoms with van der Waals surface area (Å²) >= 11 is 0.